The average molecular weight is 326 g/mol. The summed E-state index contributed by atoms with van der Waals surface area (Å²) in [4.78, 5) is 15.0. The van der Waals surface area contributed by atoms with Gasteiger partial charge in [-0.25, -0.2) is 14.2 Å². The van der Waals surface area contributed by atoms with Crippen LogP contribution >= 0.6 is 15.9 Å². The van der Waals surface area contributed by atoms with Crippen LogP contribution in [0.25, 0.3) is 0 Å². The predicted octanol–water partition coefficient (Wildman–Crippen LogP) is 3.78. The number of halogens is 2. The molecule has 0 bridgehead atoms. The second kappa shape index (κ2) is 5.36. The fraction of sp³-hybridized carbons (Fsp3) is 0.0769. The van der Waals surface area contributed by atoms with Gasteiger partial charge >= 0.3 is 5.97 Å². The summed E-state index contributed by atoms with van der Waals surface area (Å²) >= 11 is 3.29. The molecule has 1 N–H and O–H groups in total. The van der Waals surface area contributed by atoms with Crippen LogP contribution in [0.5, 0.6) is 11.6 Å². The largest absolute Gasteiger partial charge is 0.478 e. The lowest BCUT2D eigenvalue weighted by atomic mass is 10.2. The van der Waals surface area contributed by atoms with Crippen molar-refractivity contribution in [3.05, 3.63) is 51.9 Å². The molecule has 1 heterocycles. The molecule has 0 saturated heterocycles. The third-order valence-corrected chi connectivity index (χ3v) is 3.40. The van der Waals surface area contributed by atoms with Gasteiger partial charge in [0, 0.05) is 12.3 Å². The molecule has 2 rings (SSSR count). The van der Waals surface area contributed by atoms with Gasteiger partial charge in [-0.1, -0.05) is 0 Å². The molecule has 98 valence electrons. The number of carboxylic acid groups (broad SMARTS) is 1. The van der Waals surface area contributed by atoms with Crippen LogP contribution < -0.4 is 4.74 Å². The smallest absolute Gasteiger partial charge is 0.339 e. The first-order chi connectivity index (χ1) is 8.99. The van der Waals surface area contributed by atoms with E-state index >= 15 is 0 Å². The van der Waals surface area contributed by atoms with Crippen LogP contribution in [0, 0.1) is 12.7 Å². The minimum absolute atomic E-state index is 0.0914. The monoisotopic (exact) mass is 325 g/mol. The van der Waals surface area contributed by atoms with Gasteiger partial charge in [0.2, 0.25) is 5.88 Å². The molecule has 0 radical (unpaired) electrons. The van der Waals surface area contributed by atoms with E-state index in [1.54, 1.807) is 6.07 Å². The Kier molecular flexibility index (Phi) is 3.80. The number of hydrogen-bond acceptors (Lipinski definition) is 3. The van der Waals surface area contributed by atoms with Crippen molar-refractivity contribution in [1.29, 1.82) is 0 Å². The fourth-order valence-corrected chi connectivity index (χ4v) is 1.76. The first-order valence-corrected chi connectivity index (χ1v) is 6.10. The van der Waals surface area contributed by atoms with Gasteiger partial charge in [0.15, 0.2) is 0 Å². The van der Waals surface area contributed by atoms with Crippen LogP contribution in [-0.2, 0) is 0 Å². The zero-order valence-corrected chi connectivity index (χ0v) is 11.4. The minimum Gasteiger partial charge on any atom is -0.478 e. The van der Waals surface area contributed by atoms with E-state index in [1.165, 1.54) is 6.20 Å². The molecule has 0 saturated carbocycles. The number of pyridine rings is 1. The molecular weight excluding hydrogens is 317 g/mol. The second-order valence-corrected chi connectivity index (χ2v) is 4.59. The van der Waals surface area contributed by atoms with Crippen molar-refractivity contribution in [3.8, 4) is 11.6 Å². The molecule has 0 amide bonds. The quantitative estimate of drug-likeness (QED) is 0.932. The van der Waals surface area contributed by atoms with Gasteiger partial charge in [0.1, 0.15) is 17.1 Å². The third kappa shape index (κ3) is 2.90. The Balaban J connectivity index is 2.45. The zero-order chi connectivity index (χ0) is 14.0. The number of aromatic carboxylic acids is 1. The van der Waals surface area contributed by atoms with Crippen LogP contribution in [0.3, 0.4) is 0 Å². The van der Waals surface area contributed by atoms with Crippen molar-refractivity contribution in [2.75, 3.05) is 0 Å². The number of benzene rings is 1. The highest BCUT2D eigenvalue weighted by Crippen LogP contribution is 2.31. The Morgan fingerprint density at radius 1 is 1.42 bits per heavy atom. The number of ether oxygens (including phenoxy) is 1. The first kappa shape index (κ1) is 13.5. The minimum atomic E-state index is -1.20. The van der Waals surface area contributed by atoms with Crippen LogP contribution in [0.2, 0.25) is 0 Å². The molecule has 0 aliphatic rings. The molecule has 0 atom stereocenters. The highest BCUT2D eigenvalue weighted by atomic mass is 79.9. The van der Waals surface area contributed by atoms with Crippen molar-refractivity contribution < 1.29 is 19.0 Å². The van der Waals surface area contributed by atoms with Crippen LogP contribution in [-0.4, -0.2) is 16.1 Å². The van der Waals surface area contributed by atoms with Gasteiger partial charge in [-0.05, 0) is 46.6 Å². The van der Waals surface area contributed by atoms with Crippen LogP contribution in [0.4, 0.5) is 4.39 Å². The lowest BCUT2D eigenvalue weighted by molar-refractivity contribution is 0.0694. The molecule has 19 heavy (non-hydrogen) atoms. The number of hydrogen-bond donors (Lipinski definition) is 1. The molecular formula is C13H9BrFNO3. The second-order valence-electron chi connectivity index (χ2n) is 3.79. The summed E-state index contributed by atoms with van der Waals surface area (Å²) in [5, 5.41) is 9.02. The lowest BCUT2D eigenvalue weighted by Crippen LogP contribution is -2.01. The fourth-order valence-electron chi connectivity index (χ4n) is 1.45. The number of aryl methyl sites for hydroxylation is 1. The third-order valence-electron chi connectivity index (χ3n) is 2.43. The maximum absolute atomic E-state index is 13.2. The number of carbonyl (C=O) groups is 1. The summed E-state index contributed by atoms with van der Waals surface area (Å²) in [5.74, 6) is -1.68. The Morgan fingerprint density at radius 2 is 2.16 bits per heavy atom. The highest BCUT2D eigenvalue weighted by molar-refractivity contribution is 9.10. The molecule has 0 fully saturated rings. The Morgan fingerprint density at radius 3 is 2.84 bits per heavy atom. The summed E-state index contributed by atoms with van der Waals surface area (Å²) < 4.78 is 19.2. The standard InChI is InChI=1S/C13H9BrFNO3/c1-7-4-5-16-12(11(7)14)19-10-6-8(15)2-3-9(10)13(17)18/h2-6H,1H3,(H,17,18). The van der Waals surface area contributed by atoms with E-state index in [9.17, 15) is 9.18 Å². The Bertz CT molecular complexity index is 646. The number of nitrogens with zero attached hydrogens (tertiary/aromatic N) is 1. The summed E-state index contributed by atoms with van der Waals surface area (Å²) in [6, 6.07) is 4.99. The van der Waals surface area contributed by atoms with E-state index in [0.29, 0.717) is 4.47 Å². The van der Waals surface area contributed by atoms with Gasteiger partial charge in [0.05, 0.1) is 4.47 Å². The zero-order valence-electron chi connectivity index (χ0n) is 9.85. The van der Waals surface area contributed by atoms with Crippen LogP contribution in [0.15, 0.2) is 34.9 Å². The van der Waals surface area contributed by atoms with Gasteiger partial charge in [-0.2, -0.15) is 0 Å². The van der Waals surface area contributed by atoms with Gasteiger partial charge in [-0.3, -0.25) is 0 Å². The summed E-state index contributed by atoms with van der Waals surface area (Å²) in [5.41, 5.74) is 0.745. The number of carboxylic acids is 1. The van der Waals surface area contributed by atoms with E-state index in [2.05, 4.69) is 20.9 Å². The van der Waals surface area contributed by atoms with Crippen molar-refractivity contribution in [1.82, 2.24) is 4.98 Å². The van der Waals surface area contributed by atoms with Crippen molar-refractivity contribution in [2.45, 2.75) is 6.92 Å². The molecule has 2 aromatic rings. The molecule has 6 heteroatoms. The van der Waals surface area contributed by atoms with Gasteiger partial charge < -0.3 is 9.84 Å². The van der Waals surface area contributed by atoms with Gasteiger partial charge in [0.25, 0.3) is 0 Å². The van der Waals surface area contributed by atoms with Crippen molar-refractivity contribution >= 4 is 21.9 Å². The number of aromatic nitrogens is 1. The molecule has 0 unspecified atom stereocenters. The molecule has 4 nitrogen and oxygen atoms in total. The topological polar surface area (TPSA) is 59.4 Å². The van der Waals surface area contributed by atoms with E-state index in [-0.39, 0.29) is 17.2 Å². The molecule has 0 aliphatic heterocycles. The first-order valence-electron chi connectivity index (χ1n) is 5.31. The summed E-state index contributed by atoms with van der Waals surface area (Å²) in [6.45, 7) is 1.84. The predicted molar refractivity (Wildman–Crippen MR) is 70.1 cm³/mol. The van der Waals surface area contributed by atoms with E-state index in [1.807, 2.05) is 6.92 Å². The van der Waals surface area contributed by atoms with E-state index in [0.717, 1.165) is 23.8 Å². The SMILES string of the molecule is Cc1ccnc(Oc2cc(F)ccc2C(=O)O)c1Br. The Labute approximate surface area is 117 Å². The van der Waals surface area contributed by atoms with Crippen LogP contribution in [0.1, 0.15) is 15.9 Å². The Hall–Kier alpha value is -1.95. The molecule has 0 spiro atoms. The molecule has 1 aromatic heterocycles. The van der Waals surface area contributed by atoms with E-state index in [4.69, 9.17) is 9.84 Å². The van der Waals surface area contributed by atoms with Crippen molar-refractivity contribution in [2.24, 2.45) is 0 Å². The lowest BCUT2D eigenvalue weighted by Gasteiger charge is -2.10. The summed E-state index contributed by atoms with van der Waals surface area (Å²) in [6.07, 6.45) is 1.52. The maximum Gasteiger partial charge on any atom is 0.339 e. The molecule has 0 aliphatic carbocycles. The maximum atomic E-state index is 13.2. The molecule has 1 aromatic carbocycles. The van der Waals surface area contributed by atoms with E-state index < -0.39 is 11.8 Å². The van der Waals surface area contributed by atoms with Gasteiger partial charge in [-0.15, -0.1) is 0 Å². The average Bonchev–Trinajstić information content (AvgIpc) is 2.35. The highest BCUT2D eigenvalue weighted by Gasteiger charge is 2.15. The van der Waals surface area contributed by atoms with Crippen molar-refractivity contribution in [3.63, 3.8) is 0 Å². The number of rotatable bonds is 3. The summed E-state index contributed by atoms with van der Waals surface area (Å²) in [7, 11) is 0. The normalized spacial score (nSPS) is 10.3.